The highest BCUT2D eigenvalue weighted by molar-refractivity contribution is 5.92. The van der Waals surface area contributed by atoms with Crippen LogP contribution in [0.5, 0.6) is 0 Å². The van der Waals surface area contributed by atoms with Crippen LogP contribution in [0.1, 0.15) is 24.8 Å². The molecule has 1 aromatic rings. The summed E-state index contributed by atoms with van der Waals surface area (Å²) in [6, 6.07) is 8.45. The van der Waals surface area contributed by atoms with Crippen molar-refractivity contribution in [2.75, 3.05) is 25.0 Å². The van der Waals surface area contributed by atoms with E-state index in [1.165, 1.54) is 12.8 Å². The zero-order chi connectivity index (χ0) is 13.7. The second-order valence-corrected chi connectivity index (χ2v) is 5.21. The van der Waals surface area contributed by atoms with Crippen LogP contribution in [0.25, 0.3) is 0 Å². The van der Waals surface area contributed by atoms with Gasteiger partial charge in [0.2, 0.25) is 5.91 Å². The predicted molar refractivity (Wildman–Crippen MR) is 78.1 cm³/mol. The van der Waals surface area contributed by atoms with E-state index in [0.717, 1.165) is 24.2 Å². The molecule has 2 rings (SSSR count). The number of nitrogens with one attached hydrogen (secondary N) is 1. The number of rotatable bonds is 7. The van der Waals surface area contributed by atoms with Crippen LogP contribution in [0.2, 0.25) is 0 Å². The molecule has 4 heteroatoms. The van der Waals surface area contributed by atoms with Crippen LogP contribution < -0.4 is 11.1 Å². The molecule has 0 radical (unpaired) electrons. The van der Waals surface area contributed by atoms with Gasteiger partial charge in [-0.15, -0.1) is 0 Å². The van der Waals surface area contributed by atoms with Gasteiger partial charge in [0.25, 0.3) is 0 Å². The minimum Gasteiger partial charge on any atom is -0.330 e. The molecular formula is C15H23N3O. The number of carbonyl (C=O) groups is 1. The molecule has 19 heavy (non-hydrogen) atoms. The quantitative estimate of drug-likeness (QED) is 0.786. The lowest BCUT2D eigenvalue weighted by molar-refractivity contribution is -0.117. The first-order valence-electron chi connectivity index (χ1n) is 7.00. The molecule has 0 unspecified atom stereocenters. The first-order valence-corrected chi connectivity index (χ1v) is 7.00. The first kappa shape index (κ1) is 14.0. The molecule has 0 saturated heterocycles. The standard InChI is InChI=1S/C15H23N3O/c1-12-5-2-3-6-14(12)17-15(19)11-18(10-4-9-16)13-7-8-13/h2-3,5-6,13H,4,7-11,16H2,1H3,(H,17,19). The molecule has 1 aliphatic rings. The Morgan fingerprint density at radius 3 is 2.79 bits per heavy atom. The topological polar surface area (TPSA) is 58.4 Å². The largest absolute Gasteiger partial charge is 0.330 e. The second kappa shape index (κ2) is 6.68. The zero-order valence-electron chi connectivity index (χ0n) is 11.6. The third kappa shape index (κ3) is 4.33. The highest BCUT2D eigenvalue weighted by atomic mass is 16.2. The number of hydrogen-bond donors (Lipinski definition) is 2. The molecule has 1 aromatic carbocycles. The number of benzene rings is 1. The summed E-state index contributed by atoms with van der Waals surface area (Å²) in [5.41, 5.74) is 7.54. The Bertz CT molecular complexity index is 429. The Morgan fingerprint density at radius 2 is 2.16 bits per heavy atom. The molecule has 1 fully saturated rings. The summed E-state index contributed by atoms with van der Waals surface area (Å²) in [4.78, 5) is 14.3. The molecule has 1 saturated carbocycles. The molecule has 104 valence electrons. The maximum absolute atomic E-state index is 12.1. The summed E-state index contributed by atoms with van der Waals surface area (Å²) in [5, 5.41) is 2.99. The summed E-state index contributed by atoms with van der Waals surface area (Å²) in [5.74, 6) is 0.0678. The van der Waals surface area contributed by atoms with E-state index < -0.39 is 0 Å². The Labute approximate surface area is 115 Å². The van der Waals surface area contributed by atoms with Crippen molar-refractivity contribution in [2.24, 2.45) is 5.73 Å². The molecule has 3 N–H and O–H groups in total. The SMILES string of the molecule is Cc1ccccc1NC(=O)CN(CCCN)C1CC1. The van der Waals surface area contributed by atoms with Gasteiger partial charge >= 0.3 is 0 Å². The van der Waals surface area contributed by atoms with Gasteiger partial charge in [0, 0.05) is 18.3 Å². The van der Waals surface area contributed by atoms with Gasteiger partial charge in [0.05, 0.1) is 6.54 Å². The summed E-state index contributed by atoms with van der Waals surface area (Å²) >= 11 is 0. The van der Waals surface area contributed by atoms with Crippen LogP contribution >= 0.6 is 0 Å². The fraction of sp³-hybridized carbons (Fsp3) is 0.533. The van der Waals surface area contributed by atoms with E-state index >= 15 is 0 Å². The van der Waals surface area contributed by atoms with Crippen LogP contribution in [0.15, 0.2) is 24.3 Å². The van der Waals surface area contributed by atoms with Gasteiger partial charge in [-0.05, 0) is 44.4 Å². The maximum Gasteiger partial charge on any atom is 0.238 e. The van der Waals surface area contributed by atoms with Crippen molar-refractivity contribution >= 4 is 11.6 Å². The molecule has 0 spiro atoms. The van der Waals surface area contributed by atoms with E-state index in [1.807, 2.05) is 31.2 Å². The third-order valence-corrected chi connectivity index (χ3v) is 3.48. The molecule has 1 aliphatic carbocycles. The van der Waals surface area contributed by atoms with Crippen molar-refractivity contribution in [3.63, 3.8) is 0 Å². The van der Waals surface area contributed by atoms with Crippen molar-refractivity contribution in [3.05, 3.63) is 29.8 Å². The maximum atomic E-state index is 12.1. The fourth-order valence-corrected chi connectivity index (χ4v) is 2.21. The first-order chi connectivity index (χ1) is 9.20. The van der Waals surface area contributed by atoms with Crippen LogP contribution in [-0.2, 0) is 4.79 Å². The Morgan fingerprint density at radius 1 is 1.42 bits per heavy atom. The Hall–Kier alpha value is -1.39. The van der Waals surface area contributed by atoms with Crippen molar-refractivity contribution in [1.82, 2.24) is 4.90 Å². The van der Waals surface area contributed by atoms with Gasteiger partial charge in [0.15, 0.2) is 0 Å². The van der Waals surface area contributed by atoms with Crippen LogP contribution in [0.3, 0.4) is 0 Å². The number of nitrogens with zero attached hydrogens (tertiary/aromatic N) is 1. The number of carbonyl (C=O) groups excluding carboxylic acids is 1. The number of anilines is 1. The number of amides is 1. The second-order valence-electron chi connectivity index (χ2n) is 5.21. The fourth-order valence-electron chi connectivity index (χ4n) is 2.21. The van der Waals surface area contributed by atoms with Gasteiger partial charge in [-0.25, -0.2) is 0 Å². The summed E-state index contributed by atoms with van der Waals surface area (Å²) in [6.45, 7) is 4.08. The monoisotopic (exact) mass is 261 g/mol. The lowest BCUT2D eigenvalue weighted by atomic mass is 10.2. The van der Waals surface area contributed by atoms with Gasteiger partial charge in [-0.1, -0.05) is 18.2 Å². The van der Waals surface area contributed by atoms with E-state index in [9.17, 15) is 4.79 Å². The van der Waals surface area contributed by atoms with Gasteiger partial charge in [-0.2, -0.15) is 0 Å². The minimum absolute atomic E-state index is 0.0678. The molecular weight excluding hydrogens is 238 g/mol. The normalized spacial score (nSPS) is 14.7. The van der Waals surface area contributed by atoms with Crippen molar-refractivity contribution in [2.45, 2.75) is 32.2 Å². The zero-order valence-corrected chi connectivity index (χ0v) is 11.6. The van der Waals surface area contributed by atoms with E-state index in [1.54, 1.807) is 0 Å². The van der Waals surface area contributed by atoms with Gasteiger partial charge in [-0.3, -0.25) is 9.69 Å². The number of para-hydroxylation sites is 1. The number of nitrogens with two attached hydrogens (primary N) is 1. The lowest BCUT2D eigenvalue weighted by Crippen LogP contribution is -2.36. The smallest absolute Gasteiger partial charge is 0.238 e. The third-order valence-electron chi connectivity index (χ3n) is 3.48. The average molecular weight is 261 g/mol. The van der Waals surface area contributed by atoms with Crippen LogP contribution in [-0.4, -0.2) is 36.5 Å². The molecule has 0 heterocycles. The van der Waals surface area contributed by atoms with Gasteiger partial charge in [0.1, 0.15) is 0 Å². The Kier molecular flexibility index (Phi) is 4.93. The van der Waals surface area contributed by atoms with Gasteiger partial charge < -0.3 is 11.1 Å². The summed E-state index contributed by atoms with van der Waals surface area (Å²) in [6.07, 6.45) is 3.37. The average Bonchev–Trinajstić information content (AvgIpc) is 3.21. The van der Waals surface area contributed by atoms with Crippen molar-refractivity contribution in [3.8, 4) is 0 Å². The Balaban J connectivity index is 1.87. The highest BCUT2D eigenvalue weighted by Crippen LogP contribution is 2.26. The molecule has 4 nitrogen and oxygen atoms in total. The number of hydrogen-bond acceptors (Lipinski definition) is 3. The summed E-state index contributed by atoms with van der Waals surface area (Å²) < 4.78 is 0. The summed E-state index contributed by atoms with van der Waals surface area (Å²) in [7, 11) is 0. The van der Waals surface area contributed by atoms with E-state index in [-0.39, 0.29) is 5.91 Å². The molecule has 0 aromatic heterocycles. The molecule has 1 amide bonds. The molecule has 0 bridgehead atoms. The van der Waals surface area contributed by atoms with Crippen molar-refractivity contribution < 1.29 is 4.79 Å². The predicted octanol–water partition coefficient (Wildman–Crippen LogP) is 1.75. The van der Waals surface area contributed by atoms with Crippen LogP contribution in [0, 0.1) is 6.92 Å². The van der Waals surface area contributed by atoms with Crippen molar-refractivity contribution in [1.29, 1.82) is 0 Å². The minimum atomic E-state index is 0.0678. The molecule has 0 atom stereocenters. The highest BCUT2D eigenvalue weighted by Gasteiger charge is 2.29. The number of aryl methyl sites for hydroxylation is 1. The van der Waals surface area contributed by atoms with E-state index in [0.29, 0.717) is 19.1 Å². The molecule has 0 aliphatic heterocycles. The van der Waals surface area contributed by atoms with Crippen LogP contribution in [0.4, 0.5) is 5.69 Å². The van der Waals surface area contributed by atoms with E-state index in [2.05, 4.69) is 10.2 Å². The lowest BCUT2D eigenvalue weighted by Gasteiger charge is -2.21. The van der Waals surface area contributed by atoms with E-state index in [4.69, 9.17) is 5.73 Å².